The molecule has 0 aliphatic heterocycles. The van der Waals surface area contributed by atoms with Crippen LogP contribution in [0.25, 0.3) is 0 Å². The molecule has 128 valence electrons. The number of esters is 1. The van der Waals surface area contributed by atoms with Gasteiger partial charge in [-0.05, 0) is 35.9 Å². The van der Waals surface area contributed by atoms with E-state index in [1.54, 1.807) is 35.1 Å². The first kappa shape index (κ1) is 16.5. The van der Waals surface area contributed by atoms with Gasteiger partial charge in [-0.25, -0.2) is 4.79 Å². The average Bonchev–Trinajstić information content (AvgIpc) is 3.32. The largest absolute Gasteiger partial charge is 0.467 e. The lowest BCUT2D eigenvalue weighted by molar-refractivity contribution is -0.124. The van der Waals surface area contributed by atoms with Crippen molar-refractivity contribution in [1.82, 2.24) is 15.1 Å². The van der Waals surface area contributed by atoms with Gasteiger partial charge in [0, 0.05) is 12.4 Å². The molecule has 0 saturated carbocycles. The Labute approximate surface area is 144 Å². The molecule has 1 amide bonds. The number of nitrogens with one attached hydrogen (secondary N) is 1. The van der Waals surface area contributed by atoms with Crippen LogP contribution in [0.2, 0.25) is 0 Å². The molecule has 0 radical (unpaired) electrons. The number of amides is 1. The Balaban J connectivity index is 1.45. The zero-order valence-electron chi connectivity index (χ0n) is 13.4. The van der Waals surface area contributed by atoms with Crippen molar-refractivity contribution in [3.63, 3.8) is 0 Å². The Morgan fingerprint density at radius 3 is 2.68 bits per heavy atom. The second-order valence-electron chi connectivity index (χ2n) is 5.33. The topological polar surface area (TPSA) is 86.4 Å². The van der Waals surface area contributed by atoms with E-state index in [1.807, 2.05) is 24.4 Å². The molecule has 3 rings (SSSR count). The van der Waals surface area contributed by atoms with Gasteiger partial charge in [0.1, 0.15) is 5.76 Å². The lowest BCUT2D eigenvalue weighted by atomic mass is 10.1. The van der Waals surface area contributed by atoms with Crippen LogP contribution in [-0.2, 0) is 22.6 Å². The van der Waals surface area contributed by atoms with Crippen molar-refractivity contribution in [1.29, 1.82) is 0 Å². The summed E-state index contributed by atoms with van der Waals surface area (Å²) in [7, 11) is 0. The van der Waals surface area contributed by atoms with Gasteiger partial charge in [-0.1, -0.05) is 12.1 Å². The highest BCUT2D eigenvalue weighted by molar-refractivity contribution is 5.91. The summed E-state index contributed by atoms with van der Waals surface area (Å²) >= 11 is 0. The third-order valence-corrected chi connectivity index (χ3v) is 3.47. The number of benzene rings is 1. The van der Waals surface area contributed by atoms with Crippen LogP contribution in [0.15, 0.2) is 65.5 Å². The minimum Gasteiger partial charge on any atom is -0.467 e. The first-order chi connectivity index (χ1) is 12.2. The van der Waals surface area contributed by atoms with E-state index < -0.39 is 5.97 Å². The molecule has 2 heterocycles. The Bertz CT molecular complexity index is 809. The summed E-state index contributed by atoms with van der Waals surface area (Å²) in [5.41, 5.74) is 1.40. The minimum absolute atomic E-state index is 0.255. The summed E-state index contributed by atoms with van der Waals surface area (Å²) < 4.78 is 11.9. The Hall–Kier alpha value is -3.35. The van der Waals surface area contributed by atoms with Crippen LogP contribution in [0.1, 0.15) is 21.7 Å². The van der Waals surface area contributed by atoms with Crippen molar-refractivity contribution in [2.45, 2.75) is 13.1 Å². The van der Waals surface area contributed by atoms with E-state index in [-0.39, 0.29) is 19.1 Å². The fraction of sp³-hybridized carbons (Fsp3) is 0.167. The van der Waals surface area contributed by atoms with Gasteiger partial charge in [0.2, 0.25) is 0 Å². The second kappa shape index (κ2) is 7.96. The van der Waals surface area contributed by atoms with Crippen molar-refractivity contribution in [3.8, 4) is 0 Å². The normalized spacial score (nSPS) is 10.4. The van der Waals surface area contributed by atoms with E-state index in [4.69, 9.17) is 9.15 Å². The molecule has 25 heavy (non-hydrogen) atoms. The minimum atomic E-state index is -0.543. The van der Waals surface area contributed by atoms with Crippen LogP contribution >= 0.6 is 0 Å². The highest BCUT2D eigenvalue weighted by Gasteiger charge is 2.10. The number of hydrogen-bond donors (Lipinski definition) is 1. The van der Waals surface area contributed by atoms with Gasteiger partial charge < -0.3 is 14.5 Å². The summed E-state index contributed by atoms with van der Waals surface area (Å²) in [4.78, 5) is 23.6. The Kier molecular flexibility index (Phi) is 5.26. The summed E-state index contributed by atoms with van der Waals surface area (Å²) in [6.45, 7) is 0.539. The molecule has 7 nitrogen and oxygen atoms in total. The van der Waals surface area contributed by atoms with Gasteiger partial charge in [-0.3, -0.25) is 9.48 Å². The molecule has 3 aromatic rings. The van der Waals surface area contributed by atoms with Gasteiger partial charge in [0.15, 0.2) is 6.61 Å². The molecule has 0 unspecified atom stereocenters. The van der Waals surface area contributed by atoms with Gasteiger partial charge in [0.25, 0.3) is 5.91 Å². The fourth-order valence-corrected chi connectivity index (χ4v) is 2.19. The zero-order valence-corrected chi connectivity index (χ0v) is 13.4. The van der Waals surface area contributed by atoms with Gasteiger partial charge >= 0.3 is 5.97 Å². The van der Waals surface area contributed by atoms with Crippen LogP contribution in [0.4, 0.5) is 0 Å². The smallest absolute Gasteiger partial charge is 0.338 e. The molecule has 0 fully saturated rings. The molecule has 0 aliphatic rings. The van der Waals surface area contributed by atoms with Crippen molar-refractivity contribution >= 4 is 11.9 Å². The molecule has 0 bridgehead atoms. The predicted octanol–water partition coefficient (Wildman–Crippen LogP) is 2.00. The maximum atomic E-state index is 12.0. The highest BCUT2D eigenvalue weighted by Crippen LogP contribution is 2.07. The summed E-state index contributed by atoms with van der Waals surface area (Å²) in [5.74, 6) is -0.300. The number of hydrogen-bond acceptors (Lipinski definition) is 5. The van der Waals surface area contributed by atoms with E-state index in [9.17, 15) is 9.59 Å². The molecule has 1 aromatic carbocycles. The molecule has 7 heteroatoms. The molecule has 0 spiro atoms. The van der Waals surface area contributed by atoms with E-state index >= 15 is 0 Å². The molecular weight excluding hydrogens is 322 g/mol. The van der Waals surface area contributed by atoms with E-state index in [0.29, 0.717) is 17.9 Å². The van der Waals surface area contributed by atoms with Crippen molar-refractivity contribution in [2.75, 3.05) is 6.61 Å². The number of carbonyl (C=O) groups excluding carboxylic acids is 2. The zero-order chi connectivity index (χ0) is 17.5. The van der Waals surface area contributed by atoms with Crippen molar-refractivity contribution < 1.29 is 18.7 Å². The standard InChI is InChI=1S/C18H17N3O4/c22-17(19-11-16-3-1-10-24-16)13-25-18(23)15-6-4-14(5-7-15)12-21-9-2-8-20-21/h1-10H,11-13H2,(H,19,22). The maximum Gasteiger partial charge on any atom is 0.338 e. The lowest BCUT2D eigenvalue weighted by Gasteiger charge is -2.07. The van der Waals surface area contributed by atoms with Gasteiger partial charge in [0.05, 0.1) is 24.9 Å². The first-order valence-corrected chi connectivity index (χ1v) is 7.73. The number of rotatable bonds is 7. The summed E-state index contributed by atoms with van der Waals surface area (Å²) in [6.07, 6.45) is 5.10. The first-order valence-electron chi connectivity index (χ1n) is 7.73. The quantitative estimate of drug-likeness (QED) is 0.665. The average molecular weight is 339 g/mol. The number of carbonyl (C=O) groups is 2. The Morgan fingerprint density at radius 2 is 2.00 bits per heavy atom. The third-order valence-electron chi connectivity index (χ3n) is 3.47. The molecule has 0 saturated heterocycles. The second-order valence-corrected chi connectivity index (χ2v) is 5.33. The SMILES string of the molecule is O=C(COC(=O)c1ccc(Cn2cccn2)cc1)NCc1ccco1. The van der Waals surface area contributed by atoms with Gasteiger partial charge in [-0.15, -0.1) is 0 Å². The molecule has 2 aromatic heterocycles. The number of ether oxygens (including phenoxy) is 1. The van der Waals surface area contributed by atoms with Crippen molar-refractivity contribution in [2.24, 2.45) is 0 Å². The summed E-state index contributed by atoms with van der Waals surface area (Å²) in [6, 6.07) is 12.3. The number of aromatic nitrogens is 2. The molecule has 0 aliphatic carbocycles. The fourth-order valence-electron chi connectivity index (χ4n) is 2.19. The van der Waals surface area contributed by atoms with E-state index in [0.717, 1.165) is 5.56 Å². The van der Waals surface area contributed by atoms with Crippen LogP contribution in [0, 0.1) is 0 Å². The van der Waals surface area contributed by atoms with Crippen LogP contribution in [0.3, 0.4) is 0 Å². The van der Waals surface area contributed by atoms with Crippen LogP contribution < -0.4 is 5.32 Å². The monoisotopic (exact) mass is 339 g/mol. The third kappa shape index (κ3) is 4.81. The highest BCUT2D eigenvalue weighted by atomic mass is 16.5. The maximum absolute atomic E-state index is 12.0. The Morgan fingerprint density at radius 1 is 1.16 bits per heavy atom. The number of furan rings is 1. The lowest BCUT2D eigenvalue weighted by Crippen LogP contribution is -2.28. The number of nitrogens with zero attached hydrogens (tertiary/aromatic N) is 2. The van der Waals surface area contributed by atoms with E-state index in [1.165, 1.54) is 6.26 Å². The van der Waals surface area contributed by atoms with Crippen LogP contribution in [0.5, 0.6) is 0 Å². The summed E-state index contributed by atoms with van der Waals surface area (Å²) in [5, 5.41) is 6.73. The molecule has 1 N–H and O–H groups in total. The molecular formula is C18H17N3O4. The van der Waals surface area contributed by atoms with Crippen LogP contribution in [-0.4, -0.2) is 28.3 Å². The van der Waals surface area contributed by atoms with Crippen molar-refractivity contribution in [3.05, 3.63) is 78.0 Å². The molecule has 0 atom stereocenters. The predicted molar refractivity (Wildman–Crippen MR) is 88.6 cm³/mol. The van der Waals surface area contributed by atoms with Gasteiger partial charge in [-0.2, -0.15) is 5.10 Å². The van der Waals surface area contributed by atoms with E-state index in [2.05, 4.69) is 10.4 Å².